The third kappa shape index (κ3) is 3.10. The second-order valence-electron chi connectivity index (χ2n) is 3.05. The van der Waals surface area contributed by atoms with Crippen LogP contribution in [0.3, 0.4) is 0 Å². The highest BCUT2D eigenvalue weighted by Crippen LogP contribution is 2.09. The zero-order valence-corrected chi connectivity index (χ0v) is 8.88. The molecule has 4 nitrogen and oxygen atoms in total. The van der Waals surface area contributed by atoms with E-state index in [0.29, 0.717) is 13.1 Å². The van der Waals surface area contributed by atoms with Gasteiger partial charge in [0.15, 0.2) is 0 Å². The lowest BCUT2D eigenvalue weighted by molar-refractivity contribution is -0.143. The van der Waals surface area contributed by atoms with E-state index in [4.69, 9.17) is 5.11 Å². The fourth-order valence-corrected chi connectivity index (χ4v) is 1.72. The average molecular weight is 249 g/mol. The largest absolute Gasteiger partial charge is 0.480 e. The number of carbonyl (C=O) groups is 1. The number of hydrogen-bond acceptors (Lipinski definition) is 3. The molecule has 1 atom stereocenters. The van der Waals surface area contributed by atoms with Gasteiger partial charge in [-0.3, -0.25) is 9.69 Å². The van der Waals surface area contributed by atoms with Crippen molar-refractivity contribution in [1.82, 2.24) is 10.2 Å². The minimum absolute atomic E-state index is 0.428. The molecule has 1 fully saturated rings. The van der Waals surface area contributed by atoms with E-state index >= 15 is 0 Å². The molecule has 0 aromatic carbocycles. The number of piperazine rings is 1. The molecule has 0 saturated carbocycles. The Morgan fingerprint density at radius 1 is 1.77 bits per heavy atom. The van der Waals surface area contributed by atoms with Crippen LogP contribution in [-0.2, 0) is 4.79 Å². The van der Waals surface area contributed by atoms with E-state index in [1.54, 1.807) is 0 Å². The molecule has 0 aliphatic carbocycles. The maximum atomic E-state index is 10.8. The molecule has 1 rings (SSSR count). The van der Waals surface area contributed by atoms with Crippen LogP contribution in [0.2, 0.25) is 0 Å². The van der Waals surface area contributed by atoms with Gasteiger partial charge in [0.2, 0.25) is 0 Å². The fourth-order valence-electron chi connectivity index (χ4n) is 1.40. The van der Waals surface area contributed by atoms with Crippen molar-refractivity contribution in [1.29, 1.82) is 0 Å². The molecular weight excluding hydrogens is 236 g/mol. The van der Waals surface area contributed by atoms with E-state index in [2.05, 4.69) is 27.8 Å². The van der Waals surface area contributed by atoms with E-state index in [-0.39, 0.29) is 0 Å². The Hall–Kier alpha value is -0.390. The van der Waals surface area contributed by atoms with Crippen molar-refractivity contribution in [2.45, 2.75) is 6.04 Å². The summed E-state index contributed by atoms with van der Waals surface area (Å²) in [5.74, 6) is -0.777. The topological polar surface area (TPSA) is 52.6 Å². The zero-order valence-electron chi connectivity index (χ0n) is 7.29. The molecule has 1 unspecified atom stereocenters. The summed E-state index contributed by atoms with van der Waals surface area (Å²) in [5.41, 5.74) is 0. The normalized spacial score (nSPS) is 24.2. The van der Waals surface area contributed by atoms with Crippen molar-refractivity contribution in [3.05, 3.63) is 11.1 Å². The molecule has 0 aromatic heterocycles. The molecule has 13 heavy (non-hydrogen) atoms. The molecule has 1 heterocycles. The third-order valence-corrected chi connectivity index (χ3v) is 2.26. The van der Waals surface area contributed by atoms with Gasteiger partial charge in [0.1, 0.15) is 6.04 Å². The van der Waals surface area contributed by atoms with Crippen LogP contribution < -0.4 is 5.32 Å². The summed E-state index contributed by atoms with van der Waals surface area (Å²) in [6.45, 7) is 6.40. The first-order valence-electron chi connectivity index (χ1n) is 4.12. The van der Waals surface area contributed by atoms with Crippen molar-refractivity contribution in [2.24, 2.45) is 0 Å². The molecule has 1 saturated heterocycles. The summed E-state index contributed by atoms with van der Waals surface area (Å²) < 4.78 is 0.820. The number of aliphatic carboxylic acids is 1. The van der Waals surface area contributed by atoms with Crippen molar-refractivity contribution in [2.75, 3.05) is 26.2 Å². The fraction of sp³-hybridized carbons (Fsp3) is 0.625. The first-order valence-corrected chi connectivity index (χ1v) is 4.91. The summed E-state index contributed by atoms with van der Waals surface area (Å²) in [6, 6.07) is -0.428. The summed E-state index contributed by atoms with van der Waals surface area (Å²) >= 11 is 3.24. The molecule has 0 radical (unpaired) electrons. The number of carboxylic acid groups (broad SMARTS) is 1. The van der Waals surface area contributed by atoms with Gasteiger partial charge < -0.3 is 10.4 Å². The van der Waals surface area contributed by atoms with E-state index in [1.165, 1.54) is 0 Å². The third-order valence-electron chi connectivity index (χ3n) is 2.01. The highest BCUT2D eigenvalue weighted by molar-refractivity contribution is 9.11. The van der Waals surface area contributed by atoms with E-state index in [1.807, 2.05) is 4.90 Å². The van der Waals surface area contributed by atoms with Crippen molar-refractivity contribution >= 4 is 21.9 Å². The van der Waals surface area contributed by atoms with Crippen LogP contribution in [-0.4, -0.2) is 48.2 Å². The second-order valence-corrected chi connectivity index (χ2v) is 4.17. The lowest BCUT2D eigenvalue weighted by atomic mass is 10.2. The van der Waals surface area contributed by atoms with Gasteiger partial charge in [-0.15, -0.1) is 0 Å². The standard InChI is InChI=1S/C8H13BrN2O2/c1-6(9)5-11-3-2-10-4-7(11)8(12)13/h7,10H,1-5H2,(H,12,13). The van der Waals surface area contributed by atoms with Crippen molar-refractivity contribution in [3.8, 4) is 0 Å². The van der Waals surface area contributed by atoms with Gasteiger partial charge >= 0.3 is 5.97 Å². The summed E-state index contributed by atoms with van der Waals surface area (Å²) in [6.07, 6.45) is 0. The van der Waals surface area contributed by atoms with Gasteiger partial charge in [-0.05, 0) is 0 Å². The molecule has 1 aliphatic heterocycles. The quantitative estimate of drug-likeness (QED) is 0.753. The van der Waals surface area contributed by atoms with Gasteiger partial charge in [-0.1, -0.05) is 22.5 Å². The number of hydrogen-bond donors (Lipinski definition) is 2. The molecule has 0 amide bonds. The lowest BCUT2D eigenvalue weighted by Crippen LogP contribution is -2.55. The Morgan fingerprint density at radius 3 is 3.00 bits per heavy atom. The minimum Gasteiger partial charge on any atom is -0.480 e. The van der Waals surface area contributed by atoms with E-state index in [0.717, 1.165) is 17.6 Å². The average Bonchev–Trinajstić information content (AvgIpc) is 2.03. The maximum Gasteiger partial charge on any atom is 0.322 e. The van der Waals surface area contributed by atoms with Gasteiger partial charge in [0.25, 0.3) is 0 Å². The first-order chi connectivity index (χ1) is 6.11. The number of rotatable bonds is 3. The maximum absolute atomic E-state index is 10.8. The predicted molar refractivity (Wildman–Crippen MR) is 53.9 cm³/mol. The number of halogens is 1. The Kier molecular flexibility index (Phi) is 3.90. The Bertz CT molecular complexity index is 220. The first kappa shape index (κ1) is 10.7. The second kappa shape index (κ2) is 4.74. The lowest BCUT2D eigenvalue weighted by Gasteiger charge is -2.33. The van der Waals surface area contributed by atoms with Crippen molar-refractivity contribution in [3.63, 3.8) is 0 Å². The highest BCUT2D eigenvalue weighted by Gasteiger charge is 2.27. The van der Waals surface area contributed by atoms with Gasteiger partial charge in [-0.2, -0.15) is 0 Å². The van der Waals surface area contributed by atoms with Crippen LogP contribution in [0.4, 0.5) is 0 Å². The van der Waals surface area contributed by atoms with Crippen LogP contribution in [0.15, 0.2) is 11.1 Å². The number of carboxylic acids is 1. The summed E-state index contributed by atoms with van der Waals surface area (Å²) in [4.78, 5) is 12.7. The highest BCUT2D eigenvalue weighted by atomic mass is 79.9. The van der Waals surface area contributed by atoms with E-state index < -0.39 is 12.0 Å². The molecular formula is C8H13BrN2O2. The molecule has 0 bridgehead atoms. The molecule has 74 valence electrons. The van der Waals surface area contributed by atoms with Crippen molar-refractivity contribution < 1.29 is 9.90 Å². The Morgan fingerprint density at radius 2 is 2.46 bits per heavy atom. The molecule has 2 N–H and O–H groups in total. The zero-order chi connectivity index (χ0) is 9.84. The van der Waals surface area contributed by atoms with Crippen LogP contribution in [0.25, 0.3) is 0 Å². The summed E-state index contributed by atoms with van der Waals surface area (Å²) in [5, 5.41) is 11.9. The monoisotopic (exact) mass is 248 g/mol. The van der Waals surface area contributed by atoms with Gasteiger partial charge in [-0.25, -0.2) is 0 Å². The SMILES string of the molecule is C=C(Br)CN1CCNCC1C(=O)O. The number of nitrogens with zero attached hydrogens (tertiary/aromatic N) is 1. The Balaban J connectivity index is 2.56. The molecule has 5 heteroatoms. The minimum atomic E-state index is -0.777. The molecule has 0 spiro atoms. The summed E-state index contributed by atoms with van der Waals surface area (Å²) in [7, 11) is 0. The van der Waals surface area contributed by atoms with Crippen LogP contribution in [0.5, 0.6) is 0 Å². The predicted octanol–water partition coefficient (Wildman–Crippen LogP) is 0.253. The van der Waals surface area contributed by atoms with Crippen LogP contribution in [0.1, 0.15) is 0 Å². The molecule has 1 aliphatic rings. The van der Waals surface area contributed by atoms with Gasteiger partial charge in [0, 0.05) is 30.7 Å². The van der Waals surface area contributed by atoms with Crippen LogP contribution >= 0.6 is 15.9 Å². The van der Waals surface area contributed by atoms with Crippen LogP contribution in [0, 0.1) is 0 Å². The smallest absolute Gasteiger partial charge is 0.322 e. The van der Waals surface area contributed by atoms with Gasteiger partial charge in [0.05, 0.1) is 0 Å². The number of nitrogens with one attached hydrogen (secondary N) is 1. The molecule has 0 aromatic rings. The Labute approximate surface area is 85.7 Å². The van der Waals surface area contributed by atoms with E-state index in [9.17, 15) is 4.79 Å².